The lowest BCUT2D eigenvalue weighted by Crippen LogP contribution is -2.50. The summed E-state index contributed by atoms with van der Waals surface area (Å²) in [6.07, 6.45) is 1.23. The van der Waals surface area contributed by atoms with Crippen molar-refractivity contribution in [2.24, 2.45) is 0 Å². The van der Waals surface area contributed by atoms with Crippen LogP contribution in [0.25, 0.3) is 16.8 Å². The number of hydrogen-bond donors (Lipinski definition) is 1. The molecule has 30 heavy (non-hydrogen) atoms. The largest absolute Gasteiger partial charge is 0.444 e. The number of aromatic nitrogens is 3. The second-order valence-electron chi connectivity index (χ2n) is 8.62. The molecule has 4 rings (SSSR count). The van der Waals surface area contributed by atoms with Crippen LogP contribution in [0.2, 0.25) is 0 Å². The van der Waals surface area contributed by atoms with Crippen LogP contribution < -0.4 is 16.1 Å². The van der Waals surface area contributed by atoms with Crippen LogP contribution in [-0.4, -0.2) is 65.2 Å². The third-order valence-corrected chi connectivity index (χ3v) is 5.21. The van der Waals surface area contributed by atoms with Gasteiger partial charge in [-0.05, 0) is 39.0 Å². The van der Waals surface area contributed by atoms with Gasteiger partial charge >= 0.3 is 6.09 Å². The molecule has 1 fully saturated rings. The third kappa shape index (κ3) is 3.92. The predicted octanol–water partition coefficient (Wildman–Crippen LogP) is 1.29. The summed E-state index contributed by atoms with van der Waals surface area (Å²) in [5.74, 6) is 0.475. The number of amides is 1. The molecule has 0 spiro atoms. The highest BCUT2D eigenvalue weighted by molar-refractivity contribution is 6.38. The number of rotatable bonds is 2. The van der Waals surface area contributed by atoms with Crippen molar-refractivity contribution in [3.8, 4) is 11.3 Å². The highest BCUT2D eigenvalue weighted by Gasteiger charge is 2.26. The molecule has 1 amide bonds. The van der Waals surface area contributed by atoms with E-state index in [-0.39, 0.29) is 6.09 Å². The molecule has 0 saturated carbocycles. The Kier molecular flexibility index (Phi) is 5.05. The van der Waals surface area contributed by atoms with Crippen LogP contribution in [0.3, 0.4) is 0 Å². The number of hydrogen-bond acceptors (Lipinski definition) is 6. The smallest absolute Gasteiger partial charge is 0.410 e. The van der Waals surface area contributed by atoms with Crippen LogP contribution in [-0.2, 0) is 4.74 Å². The Morgan fingerprint density at radius 3 is 2.60 bits per heavy atom. The van der Waals surface area contributed by atoms with Gasteiger partial charge in [0.25, 0.3) is 0 Å². The van der Waals surface area contributed by atoms with E-state index < -0.39 is 5.60 Å². The Balaban J connectivity index is 1.53. The van der Waals surface area contributed by atoms with Gasteiger partial charge in [-0.15, -0.1) is 0 Å². The molecule has 9 heteroatoms. The lowest BCUT2D eigenvalue weighted by Gasteiger charge is -2.36. The fourth-order valence-electron chi connectivity index (χ4n) is 3.79. The van der Waals surface area contributed by atoms with E-state index in [2.05, 4.69) is 39.2 Å². The zero-order valence-corrected chi connectivity index (χ0v) is 17.9. The van der Waals surface area contributed by atoms with Crippen LogP contribution in [0.5, 0.6) is 0 Å². The average Bonchev–Trinajstić information content (AvgIpc) is 3.05. The Bertz CT molecular complexity index is 1080. The fraction of sp³-hybridized carbons (Fsp3) is 0.381. The first-order valence-corrected chi connectivity index (χ1v) is 10.1. The Morgan fingerprint density at radius 2 is 1.90 bits per heavy atom. The van der Waals surface area contributed by atoms with E-state index in [1.54, 1.807) is 4.90 Å². The first kappa shape index (κ1) is 20.1. The van der Waals surface area contributed by atoms with Crippen LogP contribution >= 0.6 is 0 Å². The number of nitrogens with zero attached hydrogens (tertiary/aromatic N) is 5. The summed E-state index contributed by atoms with van der Waals surface area (Å²) < 4.78 is 7.34. The van der Waals surface area contributed by atoms with Crippen LogP contribution in [0.4, 0.5) is 16.3 Å². The molecule has 2 N–H and O–H groups in total. The van der Waals surface area contributed by atoms with Crippen molar-refractivity contribution in [1.82, 2.24) is 19.5 Å². The zero-order valence-electron chi connectivity index (χ0n) is 17.9. The third-order valence-electron chi connectivity index (χ3n) is 5.21. The number of piperazine rings is 1. The number of anilines is 2. The maximum Gasteiger partial charge on any atom is 0.410 e. The summed E-state index contributed by atoms with van der Waals surface area (Å²) in [6.45, 7) is 8.44. The lowest BCUT2D eigenvalue weighted by atomic mass is 9.97. The summed E-state index contributed by atoms with van der Waals surface area (Å²) in [5, 5.41) is 4.39. The van der Waals surface area contributed by atoms with Gasteiger partial charge in [0, 0.05) is 37.4 Å². The average molecular weight is 406 g/mol. The summed E-state index contributed by atoms with van der Waals surface area (Å²) in [7, 11) is 2.01. The van der Waals surface area contributed by atoms with Gasteiger partial charge in [0.1, 0.15) is 25.3 Å². The summed E-state index contributed by atoms with van der Waals surface area (Å²) in [4.78, 5) is 20.5. The highest BCUT2D eigenvalue weighted by Crippen LogP contribution is 2.27. The van der Waals surface area contributed by atoms with E-state index in [4.69, 9.17) is 10.5 Å². The van der Waals surface area contributed by atoms with Gasteiger partial charge in [-0.3, -0.25) is 0 Å². The number of ether oxygens (including phenoxy) is 1. The minimum atomic E-state index is -0.479. The van der Waals surface area contributed by atoms with E-state index in [0.29, 0.717) is 18.9 Å². The number of benzene rings is 1. The van der Waals surface area contributed by atoms with Gasteiger partial charge in [-0.2, -0.15) is 5.10 Å². The maximum atomic E-state index is 12.3. The summed E-state index contributed by atoms with van der Waals surface area (Å²) in [5.41, 5.74) is 10.6. The predicted molar refractivity (Wildman–Crippen MR) is 121 cm³/mol. The fourth-order valence-corrected chi connectivity index (χ4v) is 3.79. The van der Waals surface area contributed by atoms with Gasteiger partial charge in [0.2, 0.25) is 0 Å². The van der Waals surface area contributed by atoms with E-state index in [0.717, 1.165) is 41.0 Å². The molecule has 0 unspecified atom stereocenters. The van der Waals surface area contributed by atoms with Crippen LogP contribution in [0.15, 0.2) is 36.7 Å². The molecule has 0 aliphatic carbocycles. The molecule has 2 aromatic heterocycles. The van der Waals surface area contributed by atoms with Crippen molar-refractivity contribution in [3.05, 3.63) is 36.7 Å². The molecular formula is C21H27BN6O2. The summed E-state index contributed by atoms with van der Waals surface area (Å²) >= 11 is 0. The SMILES string of the molecule is Bc1cc(-c2cccc(N3CCN(C(=O)OC(C)(C)C)CC3)c2)n2ncnc(N)c12. The standard InChI is InChI=1S/C21H27BN6O2/c1-21(2,3)30-20(29)27-9-7-26(8-10-27)15-6-4-5-14(11-15)17-12-16(22)18-19(23)24-13-25-28(17)18/h4-6,11-13H,7-10,22H2,1-3H3,(H2,23,24,25). The van der Waals surface area contributed by atoms with Gasteiger partial charge in [-0.25, -0.2) is 14.3 Å². The molecule has 3 aromatic rings. The first-order chi connectivity index (χ1) is 14.2. The minimum absolute atomic E-state index is 0.247. The summed E-state index contributed by atoms with van der Waals surface area (Å²) in [6, 6.07) is 10.4. The number of nitrogen functional groups attached to an aromatic ring is 1. The zero-order chi connectivity index (χ0) is 21.5. The number of nitrogens with two attached hydrogens (primary N) is 1. The lowest BCUT2D eigenvalue weighted by molar-refractivity contribution is 0.0240. The monoisotopic (exact) mass is 406 g/mol. The molecule has 0 radical (unpaired) electrons. The molecule has 0 bridgehead atoms. The van der Waals surface area contributed by atoms with Gasteiger partial charge < -0.3 is 20.3 Å². The Morgan fingerprint density at radius 1 is 1.17 bits per heavy atom. The van der Waals surface area contributed by atoms with Crippen molar-refractivity contribution in [2.75, 3.05) is 36.8 Å². The van der Waals surface area contributed by atoms with Crippen molar-refractivity contribution in [1.29, 1.82) is 0 Å². The van der Waals surface area contributed by atoms with E-state index in [1.807, 2.05) is 39.2 Å². The maximum absolute atomic E-state index is 12.3. The second kappa shape index (κ2) is 7.55. The molecular weight excluding hydrogens is 379 g/mol. The van der Waals surface area contributed by atoms with Gasteiger partial charge in [-0.1, -0.05) is 17.6 Å². The molecule has 1 aliphatic heterocycles. The van der Waals surface area contributed by atoms with Crippen LogP contribution in [0.1, 0.15) is 20.8 Å². The van der Waals surface area contributed by atoms with E-state index in [9.17, 15) is 4.79 Å². The quantitative estimate of drug-likeness (QED) is 0.646. The Hall–Kier alpha value is -3.23. The van der Waals surface area contributed by atoms with Crippen molar-refractivity contribution < 1.29 is 9.53 Å². The van der Waals surface area contributed by atoms with Crippen molar-refractivity contribution in [2.45, 2.75) is 26.4 Å². The van der Waals surface area contributed by atoms with E-state index >= 15 is 0 Å². The van der Waals surface area contributed by atoms with Crippen molar-refractivity contribution in [3.63, 3.8) is 0 Å². The normalized spacial score (nSPS) is 14.9. The van der Waals surface area contributed by atoms with E-state index in [1.165, 1.54) is 6.33 Å². The minimum Gasteiger partial charge on any atom is -0.444 e. The second-order valence-corrected chi connectivity index (χ2v) is 8.62. The Labute approximate surface area is 177 Å². The first-order valence-electron chi connectivity index (χ1n) is 10.1. The van der Waals surface area contributed by atoms with Gasteiger partial charge in [0.15, 0.2) is 5.82 Å². The van der Waals surface area contributed by atoms with Crippen LogP contribution in [0, 0.1) is 0 Å². The molecule has 3 heterocycles. The molecule has 0 atom stereocenters. The molecule has 1 aromatic carbocycles. The van der Waals surface area contributed by atoms with Gasteiger partial charge in [0.05, 0.1) is 5.69 Å². The van der Waals surface area contributed by atoms with Crippen molar-refractivity contribution >= 4 is 36.4 Å². The highest BCUT2D eigenvalue weighted by atomic mass is 16.6. The molecule has 156 valence electrons. The number of carbonyl (C=O) groups is 1. The number of carbonyl (C=O) groups excluding carboxylic acids is 1. The molecule has 8 nitrogen and oxygen atoms in total. The number of fused-ring (bicyclic) bond motifs is 1. The topological polar surface area (TPSA) is 89.0 Å². The molecule has 1 aliphatic rings. The molecule has 1 saturated heterocycles.